The highest BCUT2D eigenvalue weighted by Gasteiger charge is 2.55. The summed E-state index contributed by atoms with van der Waals surface area (Å²) in [5.74, 6) is -0.286. The van der Waals surface area contributed by atoms with Crippen molar-refractivity contribution in [2.45, 2.75) is 50.6 Å². The molecule has 8 nitrogen and oxygen atoms in total. The molecule has 3 aromatic rings. The number of nitrogens with one attached hydrogen (secondary N) is 2. The topological polar surface area (TPSA) is 117 Å². The van der Waals surface area contributed by atoms with Crippen LogP contribution < -0.4 is 11.1 Å². The first kappa shape index (κ1) is 20.3. The number of anilines is 1. The van der Waals surface area contributed by atoms with E-state index in [1.807, 2.05) is 12.1 Å². The third kappa shape index (κ3) is 3.45. The van der Waals surface area contributed by atoms with Crippen molar-refractivity contribution in [2.75, 3.05) is 11.9 Å². The molecule has 1 saturated heterocycles. The second-order valence-corrected chi connectivity index (χ2v) is 11.3. The lowest BCUT2D eigenvalue weighted by Crippen LogP contribution is -2.43. The van der Waals surface area contributed by atoms with E-state index in [0.717, 1.165) is 53.6 Å². The second kappa shape index (κ2) is 7.36. The van der Waals surface area contributed by atoms with Crippen LogP contribution in [-0.2, 0) is 17.6 Å². The van der Waals surface area contributed by atoms with Gasteiger partial charge in [0.2, 0.25) is 5.91 Å². The molecule has 1 aromatic carbocycles. The van der Waals surface area contributed by atoms with Gasteiger partial charge in [-0.05, 0) is 72.0 Å². The lowest BCUT2D eigenvalue weighted by molar-refractivity contribution is -0.119. The molecule has 3 aliphatic rings. The molecular formula is C22H23BrN6O2S. The number of fused-ring (bicyclic) bond motifs is 2. The van der Waals surface area contributed by atoms with E-state index in [0.29, 0.717) is 28.1 Å². The molecule has 32 heavy (non-hydrogen) atoms. The fourth-order valence-corrected chi connectivity index (χ4v) is 6.59. The molecule has 6 rings (SSSR count). The number of halogens is 1. The SMILES string of the molecule is N[C@@H]1CCc2nc(NC(=O)[C@@H]3CC4(CC4)CN3C(=O)c3cc4cn[nH]c4cc3Br)sc2C1. The monoisotopic (exact) mass is 514 g/mol. The molecule has 1 aliphatic heterocycles. The Morgan fingerprint density at radius 1 is 1.34 bits per heavy atom. The van der Waals surface area contributed by atoms with E-state index in [9.17, 15) is 9.59 Å². The molecule has 1 spiro atoms. The van der Waals surface area contributed by atoms with Crippen molar-refractivity contribution in [1.82, 2.24) is 20.1 Å². The van der Waals surface area contributed by atoms with E-state index in [4.69, 9.17) is 5.73 Å². The number of rotatable bonds is 3. The largest absolute Gasteiger partial charge is 0.327 e. The van der Waals surface area contributed by atoms with Crippen LogP contribution in [0.4, 0.5) is 5.13 Å². The average molecular weight is 515 g/mol. The Hall–Kier alpha value is -2.30. The minimum atomic E-state index is -0.500. The van der Waals surface area contributed by atoms with Crippen molar-refractivity contribution >= 4 is 55.1 Å². The van der Waals surface area contributed by atoms with Crippen molar-refractivity contribution in [2.24, 2.45) is 11.1 Å². The summed E-state index contributed by atoms with van der Waals surface area (Å²) in [5, 5.41) is 11.4. The van der Waals surface area contributed by atoms with Crippen LogP contribution in [-0.4, -0.2) is 50.5 Å². The number of nitrogens with two attached hydrogens (primary N) is 1. The lowest BCUT2D eigenvalue weighted by Gasteiger charge is -2.24. The molecule has 0 unspecified atom stereocenters. The maximum Gasteiger partial charge on any atom is 0.255 e. The Labute approximate surface area is 197 Å². The molecule has 2 atom stereocenters. The van der Waals surface area contributed by atoms with Crippen LogP contribution in [0.25, 0.3) is 10.9 Å². The van der Waals surface area contributed by atoms with Gasteiger partial charge in [0.1, 0.15) is 6.04 Å². The highest BCUT2D eigenvalue weighted by atomic mass is 79.9. The van der Waals surface area contributed by atoms with E-state index >= 15 is 0 Å². The Balaban J connectivity index is 1.26. The predicted molar refractivity (Wildman–Crippen MR) is 126 cm³/mol. The van der Waals surface area contributed by atoms with Crippen molar-refractivity contribution < 1.29 is 9.59 Å². The normalized spacial score (nSPS) is 23.5. The summed E-state index contributed by atoms with van der Waals surface area (Å²) in [7, 11) is 0. The van der Waals surface area contributed by atoms with Gasteiger partial charge in [0.25, 0.3) is 5.91 Å². The first-order chi connectivity index (χ1) is 15.4. The summed E-state index contributed by atoms with van der Waals surface area (Å²) in [6.07, 6.45) is 7.11. The quantitative estimate of drug-likeness (QED) is 0.495. The number of likely N-dealkylation sites (tertiary alicyclic amines) is 1. The van der Waals surface area contributed by atoms with Crippen molar-refractivity contribution in [3.63, 3.8) is 0 Å². The summed E-state index contributed by atoms with van der Waals surface area (Å²) in [6, 6.07) is 3.35. The van der Waals surface area contributed by atoms with E-state index in [1.165, 1.54) is 11.3 Å². The highest BCUT2D eigenvalue weighted by molar-refractivity contribution is 9.10. The zero-order valence-electron chi connectivity index (χ0n) is 17.4. The van der Waals surface area contributed by atoms with Gasteiger partial charge in [-0.15, -0.1) is 11.3 Å². The van der Waals surface area contributed by atoms with Gasteiger partial charge >= 0.3 is 0 Å². The van der Waals surface area contributed by atoms with Gasteiger partial charge in [0.15, 0.2) is 5.13 Å². The second-order valence-electron chi connectivity index (χ2n) is 9.32. The van der Waals surface area contributed by atoms with Crippen LogP contribution in [0.2, 0.25) is 0 Å². The third-order valence-corrected chi connectivity index (χ3v) is 8.69. The Morgan fingerprint density at radius 3 is 3.00 bits per heavy atom. The van der Waals surface area contributed by atoms with Crippen LogP contribution in [0.15, 0.2) is 22.8 Å². The first-order valence-corrected chi connectivity index (χ1v) is 12.5. The minimum absolute atomic E-state index is 0.0821. The Morgan fingerprint density at radius 2 is 2.19 bits per heavy atom. The number of thiazole rings is 1. The van der Waals surface area contributed by atoms with Crippen molar-refractivity contribution in [3.8, 4) is 0 Å². The molecule has 166 valence electrons. The van der Waals surface area contributed by atoms with E-state index in [-0.39, 0.29) is 23.3 Å². The number of nitrogens with zero attached hydrogens (tertiary/aromatic N) is 3. The van der Waals surface area contributed by atoms with Gasteiger partial charge in [-0.1, -0.05) is 0 Å². The average Bonchev–Trinajstić information content (AvgIpc) is 3.07. The zero-order chi connectivity index (χ0) is 22.0. The zero-order valence-corrected chi connectivity index (χ0v) is 19.8. The number of hydrogen-bond donors (Lipinski definition) is 3. The number of aromatic amines is 1. The number of carbonyl (C=O) groups is 2. The number of aromatic nitrogens is 3. The van der Waals surface area contributed by atoms with Crippen LogP contribution in [0.3, 0.4) is 0 Å². The molecule has 4 N–H and O–H groups in total. The van der Waals surface area contributed by atoms with Crippen LogP contribution in [0.5, 0.6) is 0 Å². The van der Waals surface area contributed by atoms with Gasteiger partial charge < -0.3 is 16.0 Å². The highest BCUT2D eigenvalue weighted by Crippen LogP contribution is 2.55. The maximum atomic E-state index is 13.6. The fourth-order valence-electron chi connectivity index (χ4n) is 4.97. The molecule has 2 aliphatic carbocycles. The smallest absolute Gasteiger partial charge is 0.255 e. The van der Waals surface area contributed by atoms with Crippen LogP contribution >= 0.6 is 27.3 Å². The van der Waals surface area contributed by atoms with Gasteiger partial charge in [0, 0.05) is 27.3 Å². The third-order valence-electron chi connectivity index (χ3n) is 7.00. The van der Waals surface area contributed by atoms with Gasteiger partial charge in [-0.3, -0.25) is 14.7 Å². The summed E-state index contributed by atoms with van der Waals surface area (Å²) in [4.78, 5) is 34.4. The number of benzene rings is 1. The van der Waals surface area contributed by atoms with Gasteiger partial charge in [0.05, 0.1) is 23.0 Å². The van der Waals surface area contributed by atoms with E-state index in [1.54, 1.807) is 11.1 Å². The minimum Gasteiger partial charge on any atom is -0.327 e. The summed E-state index contributed by atoms with van der Waals surface area (Å²) < 4.78 is 0.694. The molecule has 2 fully saturated rings. The fraction of sp³-hybridized carbons (Fsp3) is 0.455. The summed E-state index contributed by atoms with van der Waals surface area (Å²) in [5.41, 5.74) is 8.61. The van der Waals surface area contributed by atoms with Crippen LogP contribution in [0.1, 0.15) is 46.6 Å². The number of aryl methyl sites for hydroxylation is 1. The molecular weight excluding hydrogens is 492 g/mol. The molecule has 0 radical (unpaired) electrons. The van der Waals surface area contributed by atoms with Gasteiger partial charge in [-0.25, -0.2) is 4.98 Å². The Kier molecular flexibility index (Phi) is 4.67. The first-order valence-electron chi connectivity index (χ1n) is 10.9. The summed E-state index contributed by atoms with van der Waals surface area (Å²) in [6.45, 7) is 0.614. The predicted octanol–water partition coefficient (Wildman–Crippen LogP) is 3.23. The summed E-state index contributed by atoms with van der Waals surface area (Å²) >= 11 is 5.04. The Bertz CT molecular complexity index is 1250. The van der Waals surface area contributed by atoms with Crippen LogP contribution in [0, 0.1) is 5.41 Å². The number of hydrogen-bond acceptors (Lipinski definition) is 6. The molecule has 3 heterocycles. The lowest BCUT2D eigenvalue weighted by atomic mass is 9.99. The number of H-pyrrole nitrogens is 1. The molecule has 2 aromatic heterocycles. The number of amides is 2. The standard InChI is InChI=1S/C22H23BrN6O2S/c23-14-7-16-11(9-25-28-16)5-13(14)20(31)29-10-22(3-4-22)8-17(29)19(30)27-21-26-15-2-1-12(24)6-18(15)32-21/h5,7,9,12,17H,1-4,6,8,10,24H2,(H,25,28)(H,26,27,30)/t12-,17+/m1/s1. The van der Waals surface area contributed by atoms with Gasteiger partial charge in [-0.2, -0.15) is 5.10 Å². The molecule has 2 amide bonds. The molecule has 1 saturated carbocycles. The maximum absolute atomic E-state index is 13.6. The van der Waals surface area contributed by atoms with Crippen molar-refractivity contribution in [3.05, 3.63) is 38.9 Å². The molecule has 10 heteroatoms. The van der Waals surface area contributed by atoms with E-state index < -0.39 is 6.04 Å². The van der Waals surface area contributed by atoms with E-state index in [2.05, 4.69) is 36.4 Å². The number of carbonyl (C=O) groups excluding carboxylic acids is 2. The molecule has 0 bridgehead atoms. The van der Waals surface area contributed by atoms with Crippen molar-refractivity contribution in [1.29, 1.82) is 0 Å².